The zero-order valence-corrected chi connectivity index (χ0v) is 7.94. The minimum Gasteiger partial charge on any atom is -0.378 e. The first-order valence-electron chi connectivity index (χ1n) is 3.51. The van der Waals surface area contributed by atoms with E-state index in [1.807, 2.05) is 13.8 Å². The second kappa shape index (κ2) is 4.69. The number of sulfonamides is 1. The molecule has 1 N–H and O–H groups in total. The molecular weight excluding hydrogens is 166 g/mol. The Morgan fingerprint density at radius 1 is 1.45 bits per heavy atom. The average molecular weight is 181 g/mol. The molecule has 5 heteroatoms. The molecule has 0 atom stereocenters. The molecule has 68 valence electrons. The largest absolute Gasteiger partial charge is 0.378 e. The van der Waals surface area contributed by atoms with E-state index in [0.717, 1.165) is 0 Å². The number of nitrogens with one attached hydrogen (secondary N) is 1. The number of rotatable bonds is 5. The number of ether oxygens (including phenoxy) is 1. The summed E-state index contributed by atoms with van der Waals surface area (Å²) in [4.78, 5) is 0. The van der Waals surface area contributed by atoms with Gasteiger partial charge in [-0.3, -0.25) is 0 Å². The molecule has 0 aliphatic carbocycles. The quantitative estimate of drug-likeness (QED) is 0.647. The van der Waals surface area contributed by atoms with Gasteiger partial charge >= 0.3 is 0 Å². The summed E-state index contributed by atoms with van der Waals surface area (Å²) in [5.74, 6) is 0.0294. The maximum Gasteiger partial charge on any atom is 0.213 e. The van der Waals surface area contributed by atoms with Crippen LogP contribution in [0.3, 0.4) is 0 Å². The van der Waals surface area contributed by atoms with Gasteiger partial charge in [0.1, 0.15) is 0 Å². The van der Waals surface area contributed by atoms with E-state index in [2.05, 4.69) is 4.72 Å². The van der Waals surface area contributed by atoms with Crippen LogP contribution >= 0.6 is 0 Å². The van der Waals surface area contributed by atoms with E-state index in [0.29, 0.717) is 0 Å². The lowest BCUT2D eigenvalue weighted by Gasteiger charge is -2.06. The fraction of sp³-hybridized carbons (Fsp3) is 1.00. The zero-order chi connectivity index (χ0) is 8.91. The summed E-state index contributed by atoms with van der Waals surface area (Å²) < 4.78 is 28.8. The smallest absolute Gasteiger partial charge is 0.213 e. The summed E-state index contributed by atoms with van der Waals surface area (Å²) >= 11 is 0. The van der Waals surface area contributed by atoms with Crippen molar-refractivity contribution in [3.8, 4) is 0 Å². The summed E-state index contributed by atoms with van der Waals surface area (Å²) in [6, 6.07) is 0. The second-order valence-electron chi connectivity index (χ2n) is 2.44. The lowest BCUT2D eigenvalue weighted by molar-refractivity contribution is 0.0912. The van der Waals surface area contributed by atoms with Gasteiger partial charge in [0.15, 0.2) is 0 Å². The van der Waals surface area contributed by atoms with Crippen LogP contribution in [0.1, 0.15) is 13.8 Å². The molecule has 0 aliphatic rings. The van der Waals surface area contributed by atoms with E-state index in [4.69, 9.17) is 4.74 Å². The van der Waals surface area contributed by atoms with E-state index < -0.39 is 10.0 Å². The fourth-order valence-corrected chi connectivity index (χ4v) is 1.02. The third-order valence-electron chi connectivity index (χ3n) is 1.11. The van der Waals surface area contributed by atoms with Crippen molar-refractivity contribution in [2.45, 2.75) is 20.0 Å². The van der Waals surface area contributed by atoms with Crippen molar-refractivity contribution in [2.24, 2.45) is 0 Å². The van der Waals surface area contributed by atoms with Crippen molar-refractivity contribution in [1.82, 2.24) is 4.72 Å². The van der Waals surface area contributed by atoms with E-state index in [-0.39, 0.29) is 18.5 Å². The van der Waals surface area contributed by atoms with Crippen LogP contribution in [0.5, 0.6) is 0 Å². The Hall–Kier alpha value is -0.130. The Bertz CT molecular complexity index is 186. The molecular formula is C6H15NO3S. The molecule has 0 radical (unpaired) electrons. The Morgan fingerprint density at radius 2 is 2.00 bits per heavy atom. The van der Waals surface area contributed by atoms with Crippen LogP contribution in [0, 0.1) is 0 Å². The number of hydrogen-bond donors (Lipinski definition) is 1. The highest BCUT2D eigenvalue weighted by atomic mass is 32.2. The van der Waals surface area contributed by atoms with Crippen molar-refractivity contribution in [3.05, 3.63) is 0 Å². The van der Waals surface area contributed by atoms with Crippen LogP contribution in [0.25, 0.3) is 0 Å². The highest BCUT2D eigenvalue weighted by Crippen LogP contribution is 1.89. The van der Waals surface area contributed by atoms with Gasteiger partial charge < -0.3 is 4.74 Å². The van der Waals surface area contributed by atoms with Crippen LogP contribution in [0.2, 0.25) is 0 Å². The first-order valence-corrected chi connectivity index (χ1v) is 5.16. The van der Waals surface area contributed by atoms with Gasteiger partial charge in [-0.15, -0.1) is 0 Å². The lowest BCUT2D eigenvalue weighted by atomic mass is 10.5. The highest BCUT2D eigenvalue weighted by molar-refractivity contribution is 7.89. The summed E-state index contributed by atoms with van der Waals surface area (Å²) in [7, 11) is -1.70. The fourth-order valence-electron chi connectivity index (χ4n) is 0.496. The Morgan fingerprint density at radius 3 is 2.36 bits per heavy atom. The van der Waals surface area contributed by atoms with Gasteiger partial charge in [-0.05, 0) is 20.9 Å². The van der Waals surface area contributed by atoms with Gasteiger partial charge in [-0.25, -0.2) is 13.1 Å². The van der Waals surface area contributed by atoms with Gasteiger partial charge in [0.05, 0.1) is 18.5 Å². The summed E-state index contributed by atoms with van der Waals surface area (Å²) in [5.41, 5.74) is 0. The van der Waals surface area contributed by atoms with Crippen molar-refractivity contribution < 1.29 is 13.2 Å². The van der Waals surface area contributed by atoms with Crippen LogP contribution in [0.15, 0.2) is 0 Å². The van der Waals surface area contributed by atoms with Crippen molar-refractivity contribution in [3.63, 3.8) is 0 Å². The lowest BCUT2D eigenvalue weighted by Crippen LogP contribution is -2.25. The van der Waals surface area contributed by atoms with Crippen LogP contribution in [0.4, 0.5) is 0 Å². The van der Waals surface area contributed by atoms with Crippen LogP contribution in [-0.2, 0) is 14.8 Å². The van der Waals surface area contributed by atoms with E-state index in [9.17, 15) is 8.42 Å². The standard InChI is InChI=1S/C6H15NO3S/c1-6(2)10-4-5-11(8,9)7-3/h6-7H,4-5H2,1-3H3. The summed E-state index contributed by atoms with van der Waals surface area (Å²) in [5, 5.41) is 0. The maximum atomic E-state index is 10.8. The van der Waals surface area contributed by atoms with E-state index in [1.54, 1.807) is 0 Å². The molecule has 0 heterocycles. The first kappa shape index (κ1) is 10.9. The molecule has 0 spiro atoms. The molecule has 0 aromatic carbocycles. The van der Waals surface area contributed by atoms with E-state index >= 15 is 0 Å². The SMILES string of the molecule is CNS(=O)(=O)CCOC(C)C. The van der Waals surface area contributed by atoms with Crippen LogP contribution < -0.4 is 4.72 Å². The molecule has 0 fully saturated rings. The minimum atomic E-state index is -3.09. The molecule has 0 aliphatic heterocycles. The molecule has 0 aromatic heterocycles. The third-order valence-corrected chi connectivity index (χ3v) is 2.44. The zero-order valence-electron chi connectivity index (χ0n) is 7.12. The highest BCUT2D eigenvalue weighted by Gasteiger charge is 2.06. The molecule has 0 rings (SSSR count). The molecule has 4 nitrogen and oxygen atoms in total. The summed E-state index contributed by atoms with van der Waals surface area (Å²) in [6.07, 6.45) is 0.0852. The van der Waals surface area contributed by atoms with Crippen molar-refractivity contribution in [2.75, 3.05) is 19.4 Å². The third kappa shape index (κ3) is 6.28. The maximum absolute atomic E-state index is 10.8. The van der Waals surface area contributed by atoms with Gasteiger partial charge in [-0.1, -0.05) is 0 Å². The Balaban J connectivity index is 3.55. The average Bonchev–Trinajstić information content (AvgIpc) is 1.87. The topological polar surface area (TPSA) is 55.4 Å². The predicted molar refractivity (Wildman–Crippen MR) is 43.9 cm³/mol. The van der Waals surface area contributed by atoms with Gasteiger partial charge in [0.2, 0.25) is 10.0 Å². The predicted octanol–water partition coefficient (Wildman–Crippen LogP) is -0.0394. The molecule has 11 heavy (non-hydrogen) atoms. The normalized spacial score (nSPS) is 12.4. The first-order chi connectivity index (χ1) is 4.98. The van der Waals surface area contributed by atoms with E-state index in [1.165, 1.54) is 7.05 Å². The molecule has 0 saturated carbocycles. The van der Waals surface area contributed by atoms with Gasteiger partial charge in [0.25, 0.3) is 0 Å². The molecule has 0 bridgehead atoms. The molecule has 0 amide bonds. The molecule has 0 saturated heterocycles. The van der Waals surface area contributed by atoms with Crippen LogP contribution in [-0.4, -0.2) is 33.9 Å². The minimum absolute atomic E-state index is 0.0294. The Labute approximate surface area is 68.0 Å². The van der Waals surface area contributed by atoms with Gasteiger partial charge in [-0.2, -0.15) is 0 Å². The molecule has 0 aromatic rings. The van der Waals surface area contributed by atoms with Gasteiger partial charge in [0, 0.05) is 0 Å². The number of hydrogen-bond acceptors (Lipinski definition) is 3. The van der Waals surface area contributed by atoms with Crippen molar-refractivity contribution >= 4 is 10.0 Å². The monoisotopic (exact) mass is 181 g/mol. The van der Waals surface area contributed by atoms with Crippen molar-refractivity contribution in [1.29, 1.82) is 0 Å². The Kier molecular flexibility index (Phi) is 4.63. The molecule has 0 unspecified atom stereocenters. The second-order valence-corrected chi connectivity index (χ2v) is 4.49. The summed E-state index contributed by atoms with van der Waals surface area (Å²) in [6.45, 7) is 3.98.